The van der Waals surface area contributed by atoms with Gasteiger partial charge in [0, 0.05) is 25.4 Å². The molecule has 0 bridgehead atoms. The highest BCUT2D eigenvalue weighted by atomic mass is 19.1. The van der Waals surface area contributed by atoms with Crippen LogP contribution in [0, 0.1) is 5.82 Å². The van der Waals surface area contributed by atoms with Gasteiger partial charge in [-0.2, -0.15) is 0 Å². The third-order valence-corrected chi connectivity index (χ3v) is 4.74. The molecule has 1 heterocycles. The summed E-state index contributed by atoms with van der Waals surface area (Å²) in [4.78, 5) is 16.1. The molecule has 2 atom stereocenters. The van der Waals surface area contributed by atoms with Crippen LogP contribution in [-0.2, 0) is 13.0 Å². The van der Waals surface area contributed by atoms with E-state index in [4.69, 9.17) is 0 Å². The van der Waals surface area contributed by atoms with Crippen molar-refractivity contribution in [1.82, 2.24) is 20.2 Å². The second-order valence-electron chi connectivity index (χ2n) is 6.53. The van der Waals surface area contributed by atoms with Crippen LogP contribution >= 0.6 is 0 Å². The van der Waals surface area contributed by atoms with Crippen LogP contribution in [0.4, 0.5) is 9.18 Å². The number of fused-ring (bicyclic) bond motifs is 1. The molecule has 138 valence electrons. The van der Waals surface area contributed by atoms with Gasteiger partial charge >= 0.3 is 6.03 Å². The fourth-order valence-corrected chi connectivity index (χ4v) is 3.39. The summed E-state index contributed by atoms with van der Waals surface area (Å²) in [5, 5.41) is 15.7. The van der Waals surface area contributed by atoms with E-state index in [0.29, 0.717) is 17.7 Å². The van der Waals surface area contributed by atoms with Crippen LogP contribution in [0.1, 0.15) is 22.7 Å². The van der Waals surface area contributed by atoms with Gasteiger partial charge in [-0.05, 0) is 28.8 Å². The molecule has 0 spiro atoms. The fraction of sp³-hybridized carbons (Fsp3) is 0.200. The zero-order chi connectivity index (χ0) is 18.8. The lowest BCUT2D eigenvalue weighted by molar-refractivity contribution is 0.142. The van der Waals surface area contributed by atoms with Crippen molar-refractivity contribution >= 4 is 6.03 Å². The number of halogens is 1. The minimum absolute atomic E-state index is 0.178. The third-order valence-electron chi connectivity index (χ3n) is 4.74. The van der Waals surface area contributed by atoms with Gasteiger partial charge in [0.05, 0.1) is 24.2 Å². The lowest BCUT2D eigenvalue weighted by atomic mass is 10.1. The maximum Gasteiger partial charge on any atom is 0.315 e. The van der Waals surface area contributed by atoms with E-state index < -0.39 is 24.0 Å². The Labute approximate surface area is 155 Å². The molecule has 0 saturated carbocycles. The highest BCUT2D eigenvalue weighted by molar-refractivity contribution is 5.74. The Hall–Kier alpha value is -3.19. The van der Waals surface area contributed by atoms with Crippen molar-refractivity contribution in [2.75, 3.05) is 0 Å². The Balaban J connectivity index is 1.38. The molecule has 3 aromatic rings. The number of carbonyl (C=O) groups is 1. The van der Waals surface area contributed by atoms with E-state index in [1.165, 1.54) is 12.4 Å². The molecule has 2 amide bonds. The van der Waals surface area contributed by atoms with Crippen LogP contribution in [0.5, 0.6) is 0 Å². The van der Waals surface area contributed by atoms with Crippen LogP contribution in [0.15, 0.2) is 61.2 Å². The molecule has 2 aromatic carbocycles. The molecule has 1 aliphatic rings. The first-order chi connectivity index (χ1) is 13.1. The van der Waals surface area contributed by atoms with E-state index in [1.54, 1.807) is 29.1 Å². The predicted octanol–water partition coefficient (Wildman–Crippen LogP) is 2.47. The van der Waals surface area contributed by atoms with Crippen molar-refractivity contribution in [3.63, 3.8) is 0 Å². The molecule has 0 saturated heterocycles. The van der Waals surface area contributed by atoms with Crippen molar-refractivity contribution in [2.45, 2.75) is 25.1 Å². The van der Waals surface area contributed by atoms with E-state index in [9.17, 15) is 14.3 Å². The van der Waals surface area contributed by atoms with Crippen LogP contribution in [0.3, 0.4) is 0 Å². The Morgan fingerprint density at radius 3 is 2.93 bits per heavy atom. The van der Waals surface area contributed by atoms with Crippen molar-refractivity contribution in [1.29, 1.82) is 0 Å². The highest BCUT2D eigenvalue weighted by Crippen LogP contribution is 2.31. The number of carbonyl (C=O) groups excluding carboxylic acids is 1. The molecule has 1 aliphatic carbocycles. The average molecular weight is 366 g/mol. The summed E-state index contributed by atoms with van der Waals surface area (Å²) in [6, 6.07) is 11.6. The zero-order valence-corrected chi connectivity index (χ0v) is 14.5. The second-order valence-corrected chi connectivity index (χ2v) is 6.53. The smallest absolute Gasteiger partial charge is 0.315 e. The fourth-order valence-electron chi connectivity index (χ4n) is 3.39. The topological polar surface area (TPSA) is 79.2 Å². The van der Waals surface area contributed by atoms with Gasteiger partial charge in [-0.25, -0.2) is 14.2 Å². The molecular weight excluding hydrogens is 347 g/mol. The molecular formula is C20H19FN4O2. The number of nitrogens with zero attached hydrogens (tertiary/aromatic N) is 2. The van der Waals surface area contributed by atoms with Gasteiger partial charge in [0.15, 0.2) is 0 Å². The Morgan fingerprint density at radius 2 is 2.15 bits per heavy atom. The number of imidazole rings is 1. The third kappa shape index (κ3) is 3.54. The van der Waals surface area contributed by atoms with E-state index >= 15 is 0 Å². The Bertz CT molecular complexity index is 958. The van der Waals surface area contributed by atoms with Gasteiger partial charge in [0.2, 0.25) is 0 Å². The lowest BCUT2D eigenvalue weighted by Crippen LogP contribution is -2.40. The predicted molar refractivity (Wildman–Crippen MR) is 97.8 cm³/mol. The first-order valence-corrected chi connectivity index (χ1v) is 8.69. The molecule has 0 radical (unpaired) electrons. The average Bonchev–Trinajstić information content (AvgIpc) is 3.29. The number of nitrogens with one attached hydrogen (secondary N) is 2. The summed E-state index contributed by atoms with van der Waals surface area (Å²) in [5.41, 5.74) is 2.99. The number of urea groups is 1. The monoisotopic (exact) mass is 366 g/mol. The van der Waals surface area contributed by atoms with Crippen molar-refractivity contribution < 1.29 is 14.3 Å². The molecule has 7 heteroatoms. The number of hydrogen-bond acceptors (Lipinski definition) is 3. The van der Waals surface area contributed by atoms with Gasteiger partial charge in [0.1, 0.15) is 5.82 Å². The van der Waals surface area contributed by atoms with Crippen LogP contribution in [0.25, 0.3) is 5.69 Å². The van der Waals surface area contributed by atoms with E-state index in [1.807, 2.05) is 24.3 Å². The number of benzene rings is 2. The van der Waals surface area contributed by atoms with Crippen LogP contribution < -0.4 is 10.6 Å². The Kier molecular flexibility index (Phi) is 4.60. The number of aliphatic hydroxyl groups excluding tert-OH is 1. The molecule has 3 N–H and O–H groups in total. The van der Waals surface area contributed by atoms with Crippen molar-refractivity contribution in [2.24, 2.45) is 0 Å². The summed E-state index contributed by atoms with van der Waals surface area (Å²) in [6.45, 7) is 0.178. The number of aliphatic hydroxyl groups is 1. The maximum atomic E-state index is 14.3. The molecule has 1 aromatic heterocycles. The summed E-state index contributed by atoms with van der Waals surface area (Å²) in [7, 11) is 0. The maximum absolute atomic E-state index is 14.3. The molecule has 0 fully saturated rings. The highest BCUT2D eigenvalue weighted by Gasteiger charge is 2.31. The molecule has 6 nitrogen and oxygen atoms in total. The summed E-state index contributed by atoms with van der Waals surface area (Å²) in [6.07, 6.45) is 4.62. The van der Waals surface area contributed by atoms with Crippen molar-refractivity contribution in [3.05, 3.63) is 83.7 Å². The number of aromatic nitrogens is 2. The summed E-state index contributed by atoms with van der Waals surface area (Å²) >= 11 is 0. The first-order valence-electron chi connectivity index (χ1n) is 8.69. The lowest BCUT2D eigenvalue weighted by Gasteiger charge is -2.18. The van der Waals surface area contributed by atoms with Gasteiger partial charge < -0.3 is 20.3 Å². The van der Waals surface area contributed by atoms with E-state index in [2.05, 4.69) is 15.6 Å². The molecule has 4 rings (SSSR count). The minimum Gasteiger partial charge on any atom is -0.390 e. The quantitative estimate of drug-likeness (QED) is 0.664. The van der Waals surface area contributed by atoms with E-state index in [-0.39, 0.29) is 6.54 Å². The minimum atomic E-state index is -0.653. The number of hydrogen-bond donors (Lipinski definition) is 3. The molecule has 2 unspecified atom stereocenters. The standard InChI is InChI=1S/C20H19FN4O2/c21-16-9-13(5-6-17(16)25-8-7-22-12-25)11-23-20(27)24-19-15-4-2-1-3-14(15)10-18(19)26/h1-9,12,18-19,26H,10-11H2,(H2,23,24,27). The Morgan fingerprint density at radius 1 is 1.30 bits per heavy atom. The largest absolute Gasteiger partial charge is 0.390 e. The molecule has 27 heavy (non-hydrogen) atoms. The van der Waals surface area contributed by atoms with Crippen LogP contribution in [-0.4, -0.2) is 26.8 Å². The normalized spacial score (nSPS) is 18.1. The van der Waals surface area contributed by atoms with Gasteiger partial charge in [-0.15, -0.1) is 0 Å². The van der Waals surface area contributed by atoms with Gasteiger partial charge in [-0.3, -0.25) is 0 Å². The molecule has 0 aliphatic heterocycles. The second kappa shape index (κ2) is 7.20. The number of amides is 2. The summed E-state index contributed by atoms with van der Waals surface area (Å²) < 4.78 is 15.9. The summed E-state index contributed by atoms with van der Waals surface area (Å²) in [5.74, 6) is -0.396. The zero-order valence-electron chi connectivity index (χ0n) is 14.5. The number of rotatable bonds is 4. The van der Waals surface area contributed by atoms with Gasteiger partial charge in [-0.1, -0.05) is 30.3 Å². The van der Waals surface area contributed by atoms with E-state index in [0.717, 1.165) is 11.1 Å². The SMILES string of the molecule is O=C(NCc1ccc(-n2ccnc2)c(F)c1)NC1c2ccccc2CC1O. The van der Waals surface area contributed by atoms with Crippen molar-refractivity contribution in [3.8, 4) is 5.69 Å². The van der Waals surface area contributed by atoms with Crippen LogP contribution in [0.2, 0.25) is 0 Å². The van der Waals surface area contributed by atoms with Gasteiger partial charge in [0.25, 0.3) is 0 Å². The first kappa shape index (κ1) is 17.2.